The lowest BCUT2D eigenvalue weighted by Crippen LogP contribution is -2.39. The van der Waals surface area contributed by atoms with E-state index in [0.717, 1.165) is 24.5 Å². The van der Waals surface area contributed by atoms with Gasteiger partial charge in [-0.05, 0) is 49.2 Å². The van der Waals surface area contributed by atoms with Crippen LogP contribution in [0.5, 0.6) is 0 Å². The highest BCUT2D eigenvalue weighted by atomic mass is 16.3. The number of carbonyl (C=O) groups is 2. The van der Waals surface area contributed by atoms with Crippen LogP contribution in [0.3, 0.4) is 0 Å². The summed E-state index contributed by atoms with van der Waals surface area (Å²) in [5.41, 5.74) is 1.88. The maximum Gasteiger partial charge on any atom is 0.240 e. The van der Waals surface area contributed by atoms with E-state index in [9.17, 15) is 9.59 Å². The van der Waals surface area contributed by atoms with Crippen LogP contribution in [0.2, 0.25) is 0 Å². The average Bonchev–Trinajstić information content (AvgIpc) is 3.31. The molecule has 2 aromatic rings. The van der Waals surface area contributed by atoms with Gasteiger partial charge >= 0.3 is 0 Å². The molecule has 1 aliphatic heterocycles. The van der Waals surface area contributed by atoms with Crippen molar-refractivity contribution in [2.45, 2.75) is 26.3 Å². The van der Waals surface area contributed by atoms with Gasteiger partial charge in [-0.1, -0.05) is 0 Å². The first kappa shape index (κ1) is 17.1. The minimum absolute atomic E-state index is 0.0148. The van der Waals surface area contributed by atoms with E-state index < -0.39 is 0 Å². The SMILES string of the molecule is CC(=O)N(CC(=O)NCc1ccco1)c1ccc(N2CCCC2)cc1. The van der Waals surface area contributed by atoms with Gasteiger partial charge in [0.1, 0.15) is 12.3 Å². The second kappa shape index (κ2) is 7.88. The van der Waals surface area contributed by atoms with Crippen molar-refractivity contribution in [2.75, 3.05) is 29.4 Å². The number of rotatable bonds is 6. The number of nitrogens with one attached hydrogen (secondary N) is 1. The van der Waals surface area contributed by atoms with Crippen molar-refractivity contribution in [1.29, 1.82) is 0 Å². The number of nitrogens with zero attached hydrogens (tertiary/aromatic N) is 2. The van der Waals surface area contributed by atoms with Gasteiger partial charge in [0, 0.05) is 31.4 Å². The molecule has 1 aliphatic rings. The lowest BCUT2D eigenvalue weighted by atomic mass is 10.2. The fraction of sp³-hybridized carbons (Fsp3) is 0.368. The van der Waals surface area contributed by atoms with Crippen molar-refractivity contribution in [3.05, 3.63) is 48.4 Å². The Labute approximate surface area is 147 Å². The summed E-state index contributed by atoms with van der Waals surface area (Å²) >= 11 is 0. The molecule has 1 N–H and O–H groups in total. The molecule has 0 aliphatic carbocycles. The maximum absolute atomic E-state index is 12.1. The first-order chi connectivity index (χ1) is 12.1. The maximum atomic E-state index is 12.1. The summed E-state index contributed by atoms with van der Waals surface area (Å²) in [6.45, 7) is 3.91. The second-order valence-corrected chi connectivity index (χ2v) is 6.17. The smallest absolute Gasteiger partial charge is 0.240 e. The van der Waals surface area contributed by atoms with Gasteiger partial charge in [0.25, 0.3) is 0 Å². The third kappa shape index (κ3) is 4.41. The normalized spacial score (nSPS) is 13.7. The zero-order valence-corrected chi connectivity index (χ0v) is 14.4. The van der Waals surface area contributed by atoms with Crippen LogP contribution in [0, 0.1) is 0 Å². The molecule has 2 heterocycles. The van der Waals surface area contributed by atoms with Crippen molar-refractivity contribution in [2.24, 2.45) is 0 Å². The molecule has 0 spiro atoms. The topological polar surface area (TPSA) is 65.8 Å². The lowest BCUT2D eigenvalue weighted by Gasteiger charge is -2.22. The summed E-state index contributed by atoms with van der Waals surface area (Å²) in [5.74, 6) is 0.287. The number of anilines is 2. The Morgan fingerprint density at radius 1 is 1.16 bits per heavy atom. The molecular weight excluding hydrogens is 318 g/mol. The first-order valence-corrected chi connectivity index (χ1v) is 8.55. The molecule has 2 amide bonds. The molecule has 1 aromatic heterocycles. The van der Waals surface area contributed by atoms with Gasteiger partial charge in [-0.3, -0.25) is 9.59 Å². The number of amides is 2. The van der Waals surface area contributed by atoms with Crippen molar-refractivity contribution >= 4 is 23.2 Å². The third-order valence-electron chi connectivity index (χ3n) is 4.35. The largest absolute Gasteiger partial charge is 0.467 e. The zero-order chi connectivity index (χ0) is 17.6. The van der Waals surface area contributed by atoms with Gasteiger partial charge in [0.05, 0.1) is 12.8 Å². The van der Waals surface area contributed by atoms with Gasteiger partial charge in [-0.15, -0.1) is 0 Å². The number of hydrogen-bond acceptors (Lipinski definition) is 4. The van der Waals surface area contributed by atoms with Crippen LogP contribution in [-0.2, 0) is 16.1 Å². The highest BCUT2D eigenvalue weighted by molar-refractivity contribution is 5.97. The molecular formula is C19H23N3O3. The molecule has 1 fully saturated rings. The molecule has 0 bridgehead atoms. The van der Waals surface area contributed by atoms with Crippen molar-refractivity contribution in [1.82, 2.24) is 5.32 Å². The Hall–Kier alpha value is -2.76. The van der Waals surface area contributed by atoms with Gasteiger partial charge in [-0.2, -0.15) is 0 Å². The molecule has 0 radical (unpaired) electrons. The first-order valence-electron chi connectivity index (χ1n) is 8.55. The van der Waals surface area contributed by atoms with E-state index in [2.05, 4.69) is 10.2 Å². The number of hydrogen-bond donors (Lipinski definition) is 1. The zero-order valence-electron chi connectivity index (χ0n) is 14.4. The number of carbonyl (C=O) groups excluding carboxylic acids is 2. The van der Waals surface area contributed by atoms with Crippen molar-refractivity contribution in [3.63, 3.8) is 0 Å². The van der Waals surface area contributed by atoms with Gasteiger partial charge in [0.15, 0.2) is 0 Å². The summed E-state index contributed by atoms with van der Waals surface area (Å²) in [5, 5.41) is 2.76. The minimum atomic E-state index is -0.227. The molecule has 132 valence electrons. The van der Waals surface area contributed by atoms with E-state index in [4.69, 9.17) is 4.42 Å². The van der Waals surface area contributed by atoms with Gasteiger partial charge in [0.2, 0.25) is 11.8 Å². The van der Waals surface area contributed by atoms with E-state index >= 15 is 0 Å². The van der Waals surface area contributed by atoms with E-state index in [1.165, 1.54) is 24.7 Å². The molecule has 0 saturated carbocycles. The molecule has 0 atom stereocenters. The summed E-state index contributed by atoms with van der Waals surface area (Å²) in [6.07, 6.45) is 4.00. The summed E-state index contributed by atoms with van der Waals surface area (Å²) < 4.78 is 5.18. The molecule has 0 unspecified atom stereocenters. The van der Waals surface area contributed by atoms with Crippen LogP contribution in [-0.4, -0.2) is 31.4 Å². The fourth-order valence-corrected chi connectivity index (χ4v) is 3.00. The highest BCUT2D eigenvalue weighted by Gasteiger charge is 2.17. The van der Waals surface area contributed by atoms with E-state index in [0.29, 0.717) is 12.3 Å². The predicted octanol–water partition coefficient (Wildman–Crippen LogP) is 2.55. The van der Waals surface area contributed by atoms with Crippen molar-refractivity contribution in [3.8, 4) is 0 Å². The van der Waals surface area contributed by atoms with Crippen LogP contribution in [0.25, 0.3) is 0 Å². The van der Waals surface area contributed by atoms with Crippen LogP contribution in [0.15, 0.2) is 47.1 Å². The molecule has 3 rings (SSSR count). The van der Waals surface area contributed by atoms with E-state index in [1.807, 2.05) is 24.3 Å². The Morgan fingerprint density at radius 3 is 2.48 bits per heavy atom. The van der Waals surface area contributed by atoms with Crippen LogP contribution >= 0.6 is 0 Å². The van der Waals surface area contributed by atoms with E-state index in [-0.39, 0.29) is 18.4 Å². The minimum Gasteiger partial charge on any atom is -0.467 e. The van der Waals surface area contributed by atoms with Crippen molar-refractivity contribution < 1.29 is 14.0 Å². The molecule has 6 nitrogen and oxygen atoms in total. The third-order valence-corrected chi connectivity index (χ3v) is 4.35. The standard InChI is InChI=1S/C19H23N3O3/c1-15(23)22(14-19(24)20-13-18-5-4-12-25-18)17-8-6-16(7-9-17)21-10-2-3-11-21/h4-9,12H,2-3,10-11,13-14H2,1H3,(H,20,24). The summed E-state index contributed by atoms with van der Waals surface area (Å²) in [7, 11) is 0. The number of benzene rings is 1. The molecule has 25 heavy (non-hydrogen) atoms. The van der Waals surface area contributed by atoms with Crippen LogP contribution in [0.1, 0.15) is 25.5 Å². The Kier molecular flexibility index (Phi) is 5.38. The average molecular weight is 341 g/mol. The highest BCUT2D eigenvalue weighted by Crippen LogP contribution is 2.24. The quantitative estimate of drug-likeness (QED) is 0.877. The van der Waals surface area contributed by atoms with Crippen LogP contribution in [0.4, 0.5) is 11.4 Å². The molecule has 1 aromatic carbocycles. The number of furan rings is 1. The predicted molar refractivity (Wildman–Crippen MR) is 96.5 cm³/mol. The lowest BCUT2D eigenvalue weighted by molar-refractivity contribution is -0.123. The summed E-state index contributed by atoms with van der Waals surface area (Å²) in [4.78, 5) is 27.9. The summed E-state index contributed by atoms with van der Waals surface area (Å²) in [6, 6.07) is 11.4. The van der Waals surface area contributed by atoms with Crippen LogP contribution < -0.4 is 15.1 Å². The van der Waals surface area contributed by atoms with Gasteiger partial charge < -0.3 is 19.5 Å². The Balaban J connectivity index is 1.61. The second-order valence-electron chi connectivity index (χ2n) is 6.17. The van der Waals surface area contributed by atoms with E-state index in [1.54, 1.807) is 18.4 Å². The molecule has 6 heteroatoms. The molecule has 1 saturated heterocycles. The Bertz CT molecular complexity index is 704. The van der Waals surface area contributed by atoms with Gasteiger partial charge in [-0.25, -0.2) is 0 Å². The fourth-order valence-electron chi connectivity index (χ4n) is 3.00. The Morgan fingerprint density at radius 2 is 1.88 bits per heavy atom. The monoisotopic (exact) mass is 341 g/mol.